The van der Waals surface area contributed by atoms with Crippen molar-refractivity contribution >= 4 is 5.95 Å². The molecule has 4 heteroatoms. The van der Waals surface area contributed by atoms with Crippen LogP contribution >= 0.6 is 0 Å². The first-order valence-electron chi connectivity index (χ1n) is 2.47. The monoisotopic (exact) mass is 122 g/mol. The minimum atomic E-state index is 0.567. The zero-order chi connectivity index (χ0) is 6.69. The number of rotatable bonds is 1. The third kappa shape index (κ3) is 0.995. The molecule has 0 radical (unpaired) electrons. The van der Waals surface area contributed by atoms with E-state index in [0.717, 1.165) is 0 Å². The number of aromatic nitrogens is 2. The lowest BCUT2D eigenvalue weighted by Crippen LogP contribution is -1.96. The second-order valence-corrected chi connectivity index (χ2v) is 1.60. The van der Waals surface area contributed by atoms with Crippen LogP contribution < -0.4 is 5.32 Å². The van der Waals surface area contributed by atoms with Gasteiger partial charge in [-0.25, -0.2) is 4.98 Å². The molecule has 0 amide bonds. The lowest BCUT2D eigenvalue weighted by atomic mass is 10.9. The highest BCUT2D eigenvalue weighted by molar-refractivity contribution is 5.30. The van der Waals surface area contributed by atoms with Crippen LogP contribution in [0.5, 0.6) is 0 Å². The van der Waals surface area contributed by atoms with Gasteiger partial charge in [0.2, 0.25) is 5.95 Å². The SMILES string of the molecule is Cn1ccnc1NC#N. The molecule has 46 valence electrons. The fourth-order valence-corrected chi connectivity index (χ4v) is 0.536. The first-order chi connectivity index (χ1) is 4.34. The van der Waals surface area contributed by atoms with Gasteiger partial charge in [0.25, 0.3) is 0 Å². The third-order valence-electron chi connectivity index (χ3n) is 0.989. The number of hydrogen-bond acceptors (Lipinski definition) is 3. The maximum absolute atomic E-state index is 8.15. The third-order valence-corrected chi connectivity index (χ3v) is 0.989. The number of aryl methyl sites for hydroxylation is 1. The van der Waals surface area contributed by atoms with Crippen molar-refractivity contribution in [2.75, 3.05) is 5.32 Å². The largest absolute Gasteiger partial charge is 0.320 e. The minimum Gasteiger partial charge on any atom is -0.320 e. The molecule has 0 saturated carbocycles. The Morgan fingerprint density at radius 2 is 2.67 bits per heavy atom. The zero-order valence-corrected chi connectivity index (χ0v) is 5.00. The van der Waals surface area contributed by atoms with Crippen LogP contribution in [-0.4, -0.2) is 9.55 Å². The number of nitrogens with zero attached hydrogens (tertiary/aromatic N) is 3. The highest BCUT2D eigenvalue weighted by Crippen LogP contribution is 1.97. The van der Waals surface area contributed by atoms with Gasteiger partial charge in [0.1, 0.15) is 0 Å². The van der Waals surface area contributed by atoms with Crippen molar-refractivity contribution in [3.05, 3.63) is 12.4 Å². The van der Waals surface area contributed by atoms with E-state index in [1.807, 2.05) is 7.05 Å². The van der Waals surface area contributed by atoms with Gasteiger partial charge < -0.3 is 4.57 Å². The van der Waals surface area contributed by atoms with Crippen LogP contribution in [0.2, 0.25) is 0 Å². The summed E-state index contributed by atoms with van der Waals surface area (Å²) in [7, 11) is 1.81. The predicted octanol–water partition coefficient (Wildman–Crippen LogP) is 0.313. The Morgan fingerprint density at radius 3 is 3.11 bits per heavy atom. The number of nitrogens with one attached hydrogen (secondary N) is 1. The Kier molecular flexibility index (Phi) is 1.36. The van der Waals surface area contributed by atoms with E-state index >= 15 is 0 Å². The fourth-order valence-electron chi connectivity index (χ4n) is 0.536. The molecular weight excluding hydrogens is 116 g/mol. The molecule has 0 aromatic carbocycles. The van der Waals surface area contributed by atoms with Gasteiger partial charge in [0, 0.05) is 19.4 Å². The Balaban J connectivity index is 2.84. The number of nitriles is 1. The Bertz CT molecular complexity index is 231. The molecule has 1 aromatic rings. The Morgan fingerprint density at radius 1 is 1.89 bits per heavy atom. The van der Waals surface area contributed by atoms with E-state index in [4.69, 9.17) is 5.26 Å². The molecule has 1 aromatic heterocycles. The summed E-state index contributed by atoms with van der Waals surface area (Å²) in [6, 6.07) is 0. The lowest BCUT2D eigenvalue weighted by Gasteiger charge is -1.93. The van der Waals surface area contributed by atoms with Crippen LogP contribution in [0.4, 0.5) is 5.95 Å². The first kappa shape index (κ1) is 5.63. The highest BCUT2D eigenvalue weighted by Gasteiger charge is 1.92. The second kappa shape index (κ2) is 2.18. The van der Waals surface area contributed by atoms with Gasteiger partial charge in [-0.2, -0.15) is 5.26 Å². The molecule has 0 aliphatic carbocycles. The van der Waals surface area contributed by atoms with Crippen molar-refractivity contribution in [3.63, 3.8) is 0 Å². The first-order valence-corrected chi connectivity index (χ1v) is 2.47. The summed E-state index contributed by atoms with van der Waals surface area (Å²) in [6.45, 7) is 0. The maximum Gasteiger partial charge on any atom is 0.215 e. The average molecular weight is 122 g/mol. The van der Waals surface area contributed by atoms with E-state index in [1.54, 1.807) is 23.2 Å². The summed E-state index contributed by atoms with van der Waals surface area (Å²) < 4.78 is 1.73. The van der Waals surface area contributed by atoms with Crippen LogP contribution in [0.1, 0.15) is 0 Å². The van der Waals surface area contributed by atoms with Crippen LogP contribution in [0.25, 0.3) is 0 Å². The van der Waals surface area contributed by atoms with Crippen molar-refractivity contribution < 1.29 is 0 Å². The van der Waals surface area contributed by atoms with Gasteiger partial charge >= 0.3 is 0 Å². The molecule has 1 rings (SSSR count). The Hall–Kier alpha value is -1.50. The molecule has 0 aliphatic heterocycles. The van der Waals surface area contributed by atoms with Gasteiger partial charge in [-0.3, -0.25) is 5.32 Å². The maximum atomic E-state index is 8.15. The van der Waals surface area contributed by atoms with Crippen LogP contribution in [0.15, 0.2) is 12.4 Å². The second-order valence-electron chi connectivity index (χ2n) is 1.60. The molecular formula is C5H6N4. The van der Waals surface area contributed by atoms with E-state index in [0.29, 0.717) is 5.95 Å². The molecule has 0 atom stereocenters. The molecule has 0 bridgehead atoms. The average Bonchev–Trinajstić information content (AvgIpc) is 2.18. The van der Waals surface area contributed by atoms with E-state index in [1.165, 1.54) is 0 Å². The quantitative estimate of drug-likeness (QED) is 0.431. The molecule has 4 nitrogen and oxygen atoms in total. The summed E-state index contributed by atoms with van der Waals surface area (Å²) >= 11 is 0. The van der Waals surface area contributed by atoms with Crippen molar-refractivity contribution in [3.8, 4) is 6.19 Å². The number of hydrogen-bond donors (Lipinski definition) is 1. The van der Waals surface area contributed by atoms with Crippen molar-refractivity contribution in [2.45, 2.75) is 0 Å². The molecule has 0 unspecified atom stereocenters. The summed E-state index contributed by atoms with van der Waals surface area (Å²) in [4.78, 5) is 3.83. The van der Waals surface area contributed by atoms with Crippen LogP contribution in [0, 0.1) is 11.5 Å². The van der Waals surface area contributed by atoms with E-state index < -0.39 is 0 Å². The van der Waals surface area contributed by atoms with Crippen LogP contribution in [-0.2, 0) is 7.05 Å². The van der Waals surface area contributed by atoms with Crippen molar-refractivity contribution in [1.82, 2.24) is 9.55 Å². The van der Waals surface area contributed by atoms with Gasteiger partial charge in [0.15, 0.2) is 6.19 Å². The molecule has 1 heterocycles. The fraction of sp³-hybridized carbons (Fsp3) is 0.200. The smallest absolute Gasteiger partial charge is 0.215 e. The zero-order valence-electron chi connectivity index (χ0n) is 5.00. The Labute approximate surface area is 52.7 Å². The highest BCUT2D eigenvalue weighted by atomic mass is 15.2. The molecule has 0 aliphatic rings. The summed E-state index contributed by atoms with van der Waals surface area (Å²) in [5.41, 5.74) is 0. The summed E-state index contributed by atoms with van der Waals surface area (Å²) in [5, 5.41) is 10.6. The number of anilines is 1. The van der Waals surface area contributed by atoms with Gasteiger partial charge in [-0.15, -0.1) is 0 Å². The van der Waals surface area contributed by atoms with Gasteiger partial charge in [-0.1, -0.05) is 0 Å². The van der Waals surface area contributed by atoms with Crippen molar-refractivity contribution in [2.24, 2.45) is 7.05 Å². The molecule has 0 fully saturated rings. The lowest BCUT2D eigenvalue weighted by molar-refractivity contribution is 0.925. The summed E-state index contributed by atoms with van der Waals surface area (Å²) in [6.07, 6.45) is 5.17. The van der Waals surface area contributed by atoms with E-state index in [-0.39, 0.29) is 0 Å². The minimum absolute atomic E-state index is 0.567. The predicted molar refractivity (Wildman–Crippen MR) is 32.4 cm³/mol. The molecule has 9 heavy (non-hydrogen) atoms. The van der Waals surface area contributed by atoms with Crippen LogP contribution in [0.3, 0.4) is 0 Å². The van der Waals surface area contributed by atoms with E-state index in [2.05, 4.69) is 10.3 Å². The van der Waals surface area contributed by atoms with Gasteiger partial charge in [0.05, 0.1) is 0 Å². The standard InChI is InChI=1S/C5H6N4/c1-9-3-2-7-5(9)8-4-6/h2-3H,1H3,(H,7,8). The van der Waals surface area contributed by atoms with E-state index in [9.17, 15) is 0 Å². The molecule has 1 N–H and O–H groups in total. The van der Waals surface area contributed by atoms with Crippen molar-refractivity contribution in [1.29, 1.82) is 5.26 Å². The summed E-state index contributed by atoms with van der Waals surface area (Å²) in [5.74, 6) is 0.567. The number of imidazole rings is 1. The topological polar surface area (TPSA) is 53.6 Å². The van der Waals surface area contributed by atoms with Gasteiger partial charge in [-0.05, 0) is 0 Å². The molecule has 0 saturated heterocycles. The normalized spacial score (nSPS) is 8.44. The molecule has 0 spiro atoms.